The number of likely N-dealkylation sites (tertiary alicyclic amines) is 1. The van der Waals surface area contributed by atoms with Crippen LogP contribution in [0.1, 0.15) is 27.2 Å². The molecule has 1 fully saturated rings. The molecule has 0 aromatic carbocycles. The number of likely N-dealkylation sites (N-methyl/N-ethyl adjacent to an activating group) is 1. The van der Waals surface area contributed by atoms with Crippen LogP contribution in [0.4, 0.5) is 5.82 Å². The molecule has 2 aromatic rings. The van der Waals surface area contributed by atoms with Crippen LogP contribution in [0.3, 0.4) is 0 Å². The normalized spacial score (nSPS) is 28.0. The van der Waals surface area contributed by atoms with Gasteiger partial charge in [-0.15, -0.1) is 0 Å². The second kappa shape index (κ2) is 6.48. The lowest BCUT2D eigenvalue weighted by molar-refractivity contribution is -0.130. The summed E-state index contributed by atoms with van der Waals surface area (Å²) < 4.78 is 49.3. The molecule has 7 nitrogen and oxygen atoms in total. The Hall–Kier alpha value is -2.62. The number of aromatic amines is 1. The van der Waals surface area contributed by atoms with Crippen molar-refractivity contribution in [2.24, 2.45) is 5.92 Å². The summed E-state index contributed by atoms with van der Waals surface area (Å²) in [6.45, 7) is 5.64. The molecule has 3 heterocycles. The first-order chi connectivity index (χ1) is 13.9. The van der Waals surface area contributed by atoms with E-state index < -0.39 is 24.7 Å². The highest BCUT2D eigenvalue weighted by Gasteiger charge is 2.33. The van der Waals surface area contributed by atoms with Gasteiger partial charge in [0.05, 0.1) is 14.1 Å². The van der Waals surface area contributed by atoms with Crippen LogP contribution < -0.4 is 4.90 Å². The van der Waals surface area contributed by atoms with E-state index in [4.69, 9.17) is 14.8 Å². The van der Waals surface area contributed by atoms with E-state index in [-0.39, 0.29) is 55.3 Å². The first-order valence-electron chi connectivity index (χ1n) is 10.6. The van der Waals surface area contributed by atoms with Crippen molar-refractivity contribution in [2.75, 3.05) is 31.6 Å². The third-order valence-electron chi connectivity index (χ3n) is 4.15. The van der Waals surface area contributed by atoms with E-state index in [2.05, 4.69) is 19.8 Å². The summed E-state index contributed by atoms with van der Waals surface area (Å²) in [6, 6.07) is -1.72. The van der Waals surface area contributed by atoms with Gasteiger partial charge in [-0.2, -0.15) is 0 Å². The molecule has 0 radical (unpaired) electrons. The van der Waals surface area contributed by atoms with E-state index in [1.807, 2.05) is 0 Å². The van der Waals surface area contributed by atoms with Crippen molar-refractivity contribution in [3.63, 3.8) is 0 Å². The summed E-state index contributed by atoms with van der Waals surface area (Å²) in [7, 11) is 1.48. The average molecular weight is 332 g/mol. The minimum Gasteiger partial charge on any atom is -0.354 e. The Bertz CT molecular complexity index is 1030. The van der Waals surface area contributed by atoms with Gasteiger partial charge < -0.3 is 19.6 Å². The topological polar surface area (TPSA) is 69.5 Å². The average Bonchev–Trinajstić information content (AvgIpc) is 2.93. The Balaban J connectivity index is 2.14. The number of nitrogens with zero attached hydrogens (tertiary/aromatic N) is 5. The van der Waals surface area contributed by atoms with Crippen molar-refractivity contribution in [1.82, 2.24) is 19.9 Å². The van der Waals surface area contributed by atoms with Crippen molar-refractivity contribution in [1.29, 1.82) is 0 Å². The number of carbonyl (C=O) groups is 1. The molecule has 0 bridgehead atoms. The molecule has 1 aliphatic heterocycles. The Morgan fingerprint density at radius 2 is 2.54 bits per heavy atom. The quantitative estimate of drug-likeness (QED) is 0.871. The standard InChI is InChI=1S/C17H22N6O/c1-11-5-6-23(15(24)8-18-3)9-14(11)22(4)17-13-7-12(2)21-16(13)19-10-20-17/h7,10-11,14H,5-6,8-9H2,1-2,4H3,(H,19,20,21)/t11-,14+/m1/s1/i1D3,7D,10D,14D. The van der Waals surface area contributed by atoms with Crippen LogP contribution in [0.15, 0.2) is 12.3 Å². The van der Waals surface area contributed by atoms with Crippen molar-refractivity contribution in [2.45, 2.75) is 26.2 Å². The summed E-state index contributed by atoms with van der Waals surface area (Å²) >= 11 is 0. The third-order valence-corrected chi connectivity index (χ3v) is 4.15. The summed E-state index contributed by atoms with van der Waals surface area (Å²) in [6.07, 6.45) is -0.285. The maximum absolute atomic E-state index is 12.3. The zero-order chi connectivity index (χ0) is 22.4. The van der Waals surface area contributed by atoms with Gasteiger partial charge in [-0.3, -0.25) is 4.79 Å². The van der Waals surface area contributed by atoms with Gasteiger partial charge in [0, 0.05) is 29.9 Å². The fraction of sp³-hybridized carbons (Fsp3) is 0.529. The molecule has 24 heavy (non-hydrogen) atoms. The number of piperidine rings is 1. The second-order valence-corrected chi connectivity index (χ2v) is 5.77. The zero-order valence-corrected chi connectivity index (χ0v) is 13.6. The van der Waals surface area contributed by atoms with E-state index in [1.54, 1.807) is 6.92 Å². The van der Waals surface area contributed by atoms with Gasteiger partial charge in [0.25, 0.3) is 6.54 Å². The molecule has 2 aromatic heterocycles. The summed E-state index contributed by atoms with van der Waals surface area (Å²) in [5.41, 5.74) is 0.758. The van der Waals surface area contributed by atoms with E-state index >= 15 is 0 Å². The van der Waals surface area contributed by atoms with Crippen molar-refractivity contribution in [3.8, 4) is 0 Å². The van der Waals surface area contributed by atoms with Gasteiger partial charge in [-0.1, -0.05) is 6.85 Å². The van der Waals surface area contributed by atoms with Crippen LogP contribution in [0.5, 0.6) is 0 Å². The predicted molar refractivity (Wildman–Crippen MR) is 92.6 cm³/mol. The highest BCUT2D eigenvalue weighted by atomic mass is 16.2. The van der Waals surface area contributed by atoms with Crippen molar-refractivity contribution < 1.29 is 13.0 Å². The Kier molecular flexibility index (Phi) is 2.78. The number of fused-ring (bicyclic) bond motifs is 1. The third kappa shape index (κ3) is 2.92. The summed E-state index contributed by atoms with van der Waals surface area (Å²) in [5.74, 6) is -1.49. The summed E-state index contributed by atoms with van der Waals surface area (Å²) in [5, 5.41) is 0.284. The molecule has 1 N–H and O–H groups in total. The molecule has 2 atom stereocenters. The van der Waals surface area contributed by atoms with Gasteiger partial charge in [0.2, 0.25) is 0 Å². The molecule has 1 aliphatic rings. The zero-order valence-electron chi connectivity index (χ0n) is 19.6. The highest BCUT2D eigenvalue weighted by molar-refractivity contribution is 5.88. The molecule has 0 aliphatic carbocycles. The predicted octanol–water partition coefficient (Wildman–Crippen LogP) is 1.86. The van der Waals surface area contributed by atoms with Gasteiger partial charge in [-0.25, -0.2) is 16.5 Å². The van der Waals surface area contributed by atoms with Crippen LogP contribution in [0, 0.1) is 19.4 Å². The first-order valence-corrected chi connectivity index (χ1v) is 7.58. The molecule has 3 rings (SSSR count). The molecular formula is C17H22N6O. The Labute approximate surface area is 149 Å². The molecule has 1 amide bonds. The van der Waals surface area contributed by atoms with Crippen LogP contribution in [-0.2, 0) is 4.79 Å². The Morgan fingerprint density at radius 3 is 3.29 bits per heavy atom. The van der Waals surface area contributed by atoms with Gasteiger partial charge in [0.1, 0.15) is 19.1 Å². The number of H-pyrrole nitrogens is 1. The number of carbonyl (C=O) groups excluding carboxylic acids is 1. The van der Waals surface area contributed by atoms with E-state index in [0.717, 1.165) is 0 Å². The van der Waals surface area contributed by atoms with Crippen LogP contribution >= 0.6 is 0 Å². The van der Waals surface area contributed by atoms with Crippen LogP contribution in [0.25, 0.3) is 15.9 Å². The number of amides is 1. The lowest BCUT2D eigenvalue weighted by Gasteiger charge is -2.41. The maximum Gasteiger partial charge on any atom is 0.302 e. The monoisotopic (exact) mass is 332 g/mol. The number of hydrogen-bond donors (Lipinski definition) is 1. The van der Waals surface area contributed by atoms with Crippen LogP contribution in [0.2, 0.25) is 0 Å². The van der Waals surface area contributed by atoms with Crippen molar-refractivity contribution in [3.05, 3.63) is 29.5 Å². The van der Waals surface area contributed by atoms with Crippen molar-refractivity contribution >= 4 is 22.8 Å². The fourth-order valence-electron chi connectivity index (χ4n) is 2.88. The second-order valence-electron chi connectivity index (χ2n) is 5.77. The van der Waals surface area contributed by atoms with E-state index in [0.29, 0.717) is 5.69 Å². The maximum atomic E-state index is 12.3. The lowest BCUT2D eigenvalue weighted by Crippen LogP contribution is -2.53. The summed E-state index contributed by atoms with van der Waals surface area (Å²) in [4.78, 5) is 29.1. The van der Waals surface area contributed by atoms with Gasteiger partial charge in [0.15, 0.2) is 0 Å². The number of aromatic nitrogens is 3. The minimum atomic E-state index is -2.47. The minimum absolute atomic E-state index is 0.0515. The smallest absolute Gasteiger partial charge is 0.302 e. The number of aryl methyl sites for hydroxylation is 1. The number of nitrogens with one attached hydrogen (secondary N) is 1. The fourth-order valence-corrected chi connectivity index (χ4v) is 2.88. The molecular weight excluding hydrogens is 304 g/mol. The van der Waals surface area contributed by atoms with E-state index in [1.165, 1.54) is 16.8 Å². The lowest BCUT2D eigenvalue weighted by atomic mass is 9.92. The molecule has 126 valence electrons. The number of rotatable bonds is 3. The SMILES string of the molecule is [2H]c1nc(N(C)[C@@]2([2H])CN(C(=O)C[N+]#[C-])CC[C@H]2C([2H])([2H])[2H])c2c([2H])c(C)[nH]c2n1. The van der Waals surface area contributed by atoms with Gasteiger partial charge in [-0.05, 0) is 25.3 Å². The molecule has 0 spiro atoms. The van der Waals surface area contributed by atoms with Gasteiger partial charge >= 0.3 is 5.91 Å². The van der Waals surface area contributed by atoms with Crippen LogP contribution in [-0.4, -0.2) is 58.5 Å². The molecule has 1 saturated heterocycles. The largest absolute Gasteiger partial charge is 0.354 e. The number of hydrogen-bond acceptors (Lipinski definition) is 4. The van der Waals surface area contributed by atoms with E-state index in [9.17, 15) is 4.79 Å². The molecule has 0 saturated carbocycles. The molecule has 7 heteroatoms. The highest BCUT2D eigenvalue weighted by Crippen LogP contribution is 2.29. The number of anilines is 1. The molecule has 0 unspecified atom stereocenters. The first kappa shape index (κ1) is 10.3. The Morgan fingerprint density at radius 1 is 1.71 bits per heavy atom.